The first-order chi connectivity index (χ1) is 12.4. The Labute approximate surface area is 155 Å². The summed E-state index contributed by atoms with van der Waals surface area (Å²) in [5.41, 5.74) is 4.26. The maximum absolute atomic E-state index is 12.6. The van der Waals surface area contributed by atoms with Crippen molar-refractivity contribution >= 4 is 22.4 Å². The molecule has 0 aliphatic carbocycles. The smallest absolute Gasteiger partial charge is 0.241 e. The zero-order valence-corrected chi connectivity index (χ0v) is 15.8. The SMILES string of the molecule is Cc1ccc(C)c(NC(=O)[C@@H](C)N[C@H](C)c2ccc3ccccc3c2)c1. The van der Waals surface area contributed by atoms with Crippen molar-refractivity contribution in [2.75, 3.05) is 5.32 Å². The van der Waals surface area contributed by atoms with E-state index in [4.69, 9.17) is 0 Å². The number of hydrogen-bond donors (Lipinski definition) is 2. The van der Waals surface area contributed by atoms with Crippen molar-refractivity contribution in [2.24, 2.45) is 0 Å². The molecule has 0 saturated heterocycles. The van der Waals surface area contributed by atoms with Gasteiger partial charge in [0.2, 0.25) is 5.91 Å². The lowest BCUT2D eigenvalue weighted by Gasteiger charge is -2.21. The predicted molar refractivity (Wildman–Crippen MR) is 110 cm³/mol. The van der Waals surface area contributed by atoms with E-state index in [-0.39, 0.29) is 18.0 Å². The third kappa shape index (κ3) is 4.12. The van der Waals surface area contributed by atoms with Gasteiger partial charge in [0.25, 0.3) is 0 Å². The summed E-state index contributed by atoms with van der Waals surface area (Å²) in [4.78, 5) is 12.6. The number of aryl methyl sites for hydroxylation is 2. The summed E-state index contributed by atoms with van der Waals surface area (Å²) in [6, 6.07) is 20.6. The second-order valence-corrected chi connectivity index (χ2v) is 7.02. The summed E-state index contributed by atoms with van der Waals surface area (Å²) < 4.78 is 0. The fourth-order valence-corrected chi connectivity index (χ4v) is 3.14. The molecule has 0 bridgehead atoms. The number of carbonyl (C=O) groups is 1. The molecule has 0 aromatic heterocycles. The maximum atomic E-state index is 12.6. The van der Waals surface area contributed by atoms with E-state index in [2.05, 4.69) is 54.0 Å². The summed E-state index contributed by atoms with van der Waals surface area (Å²) in [6.45, 7) is 8.02. The van der Waals surface area contributed by atoms with Crippen LogP contribution < -0.4 is 10.6 Å². The molecule has 134 valence electrons. The summed E-state index contributed by atoms with van der Waals surface area (Å²) in [6.07, 6.45) is 0. The fraction of sp³-hybridized carbons (Fsp3) is 0.261. The third-order valence-electron chi connectivity index (χ3n) is 4.82. The van der Waals surface area contributed by atoms with Gasteiger partial charge < -0.3 is 5.32 Å². The number of anilines is 1. The van der Waals surface area contributed by atoms with Crippen LogP contribution in [0.25, 0.3) is 10.8 Å². The molecule has 3 heteroatoms. The van der Waals surface area contributed by atoms with Gasteiger partial charge in [-0.05, 0) is 67.3 Å². The van der Waals surface area contributed by atoms with Crippen LogP contribution in [0.5, 0.6) is 0 Å². The van der Waals surface area contributed by atoms with Crippen molar-refractivity contribution < 1.29 is 4.79 Å². The highest BCUT2D eigenvalue weighted by atomic mass is 16.2. The van der Waals surface area contributed by atoms with Crippen LogP contribution in [0.3, 0.4) is 0 Å². The van der Waals surface area contributed by atoms with Gasteiger partial charge in [-0.3, -0.25) is 10.1 Å². The minimum Gasteiger partial charge on any atom is -0.324 e. The normalized spacial score (nSPS) is 13.4. The molecule has 0 spiro atoms. The first-order valence-corrected chi connectivity index (χ1v) is 9.07. The number of hydrogen-bond acceptors (Lipinski definition) is 2. The van der Waals surface area contributed by atoms with E-state index in [1.165, 1.54) is 16.3 Å². The Balaban J connectivity index is 1.68. The standard InChI is InChI=1S/C23H26N2O/c1-15-9-10-16(2)22(13-15)25-23(26)18(4)24-17(3)20-12-11-19-7-5-6-8-21(19)14-20/h5-14,17-18,24H,1-4H3,(H,25,26)/t17-,18-/m1/s1. The highest BCUT2D eigenvalue weighted by Crippen LogP contribution is 2.21. The van der Waals surface area contributed by atoms with Gasteiger partial charge in [-0.2, -0.15) is 0 Å². The van der Waals surface area contributed by atoms with Crippen molar-refractivity contribution in [1.82, 2.24) is 5.32 Å². The lowest BCUT2D eigenvalue weighted by atomic mass is 10.0. The lowest BCUT2D eigenvalue weighted by molar-refractivity contribution is -0.117. The van der Waals surface area contributed by atoms with E-state index in [1.807, 2.05) is 45.0 Å². The van der Waals surface area contributed by atoms with Gasteiger partial charge in [0.15, 0.2) is 0 Å². The molecule has 0 radical (unpaired) electrons. The Morgan fingerprint density at radius 3 is 2.38 bits per heavy atom. The second kappa shape index (κ2) is 7.71. The van der Waals surface area contributed by atoms with Crippen LogP contribution in [0.4, 0.5) is 5.69 Å². The summed E-state index contributed by atoms with van der Waals surface area (Å²) in [7, 11) is 0. The van der Waals surface area contributed by atoms with Crippen LogP contribution in [-0.2, 0) is 4.79 Å². The van der Waals surface area contributed by atoms with E-state index in [9.17, 15) is 4.79 Å². The van der Waals surface area contributed by atoms with Crippen molar-refractivity contribution in [3.8, 4) is 0 Å². The number of fused-ring (bicyclic) bond motifs is 1. The number of rotatable bonds is 5. The highest BCUT2D eigenvalue weighted by molar-refractivity contribution is 5.95. The Morgan fingerprint density at radius 1 is 0.885 bits per heavy atom. The molecular weight excluding hydrogens is 320 g/mol. The molecule has 1 amide bonds. The van der Waals surface area contributed by atoms with Gasteiger partial charge in [-0.25, -0.2) is 0 Å². The van der Waals surface area contributed by atoms with E-state index in [1.54, 1.807) is 0 Å². The first-order valence-electron chi connectivity index (χ1n) is 9.07. The number of carbonyl (C=O) groups excluding carboxylic acids is 1. The average Bonchev–Trinajstić information content (AvgIpc) is 2.64. The van der Waals surface area contributed by atoms with Crippen LogP contribution in [0.15, 0.2) is 60.7 Å². The van der Waals surface area contributed by atoms with Gasteiger partial charge >= 0.3 is 0 Å². The molecule has 3 nitrogen and oxygen atoms in total. The molecule has 0 saturated carbocycles. The van der Waals surface area contributed by atoms with Crippen molar-refractivity contribution in [1.29, 1.82) is 0 Å². The maximum Gasteiger partial charge on any atom is 0.241 e. The predicted octanol–water partition coefficient (Wildman–Crippen LogP) is 5.13. The molecule has 0 unspecified atom stereocenters. The monoisotopic (exact) mass is 346 g/mol. The topological polar surface area (TPSA) is 41.1 Å². The number of amides is 1. The van der Waals surface area contributed by atoms with Gasteiger partial charge in [0, 0.05) is 11.7 Å². The summed E-state index contributed by atoms with van der Waals surface area (Å²) >= 11 is 0. The lowest BCUT2D eigenvalue weighted by Crippen LogP contribution is -2.39. The number of benzene rings is 3. The quantitative estimate of drug-likeness (QED) is 0.672. The molecule has 0 heterocycles. The molecule has 26 heavy (non-hydrogen) atoms. The van der Waals surface area contributed by atoms with Crippen molar-refractivity contribution in [3.63, 3.8) is 0 Å². The van der Waals surface area contributed by atoms with E-state index in [0.29, 0.717) is 0 Å². The summed E-state index contributed by atoms with van der Waals surface area (Å²) in [5, 5.41) is 8.88. The average molecular weight is 346 g/mol. The first kappa shape index (κ1) is 18.2. The fourth-order valence-electron chi connectivity index (χ4n) is 3.14. The second-order valence-electron chi connectivity index (χ2n) is 7.02. The molecule has 2 atom stereocenters. The Kier molecular flexibility index (Phi) is 5.38. The number of nitrogens with one attached hydrogen (secondary N) is 2. The van der Waals surface area contributed by atoms with Crippen LogP contribution in [0.1, 0.15) is 36.6 Å². The molecule has 0 aliphatic heterocycles. The zero-order chi connectivity index (χ0) is 18.7. The molecule has 3 aromatic carbocycles. The molecule has 0 aliphatic rings. The Hall–Kier alpha value is -2.65. The van der Waals surface area contributed by atoms with Crippen molar-refractivity contribution in [2.45, 2.75) is 39.8 Å². The van der Waals surface area contributed by atoms with Crippen LogP contribution in [-0.4, -0.2) is 11.9 Å². The minimum atomic E-state index is -0.295. The van der Waals surface area contributed by atoms with Crippen LogP contribution in [0, 0.1) is 13.8 Å². The Morgan fingerprint density at radius 2 is 1.62 bits per heavy atom. The zero-order valence-electron chi connectivity index (χ0n) is 15.8. The highest BCUT2D eigenvalue weighted by Gasteiger charge is 2.17. The summed E-state index contributed by atoms with van der Waals surface area (Å²) in [5.74, 6) is -0.0219. The molecular formula is C23H26N2O. The largest absolute Gasteiger partial charge is 0.324 e. The van der Waals surface area contributed by atoms with E-state index < -0.39 is 0 Å². The molecule has 3 rings (SSSR count). The molecule has 2 N–H and O–H groups in total. The molecule has 3 aromatic rings. The van der Waals surface area contributed by atoms with Gasteiger partial charge in [-0.15, -0.1) is 0 Å². The van der Waals surface area contributed by atoms with E-state index in [0.717, 1.165) is 16.8 Å². The Bertz CT molecular complexity index is 932. The van der Waals surface area contributed by atoms with Crippen LogP contribution >= 0.6 is 0 Å². The third-order valence-corrected chi connectivity index (χ3v) is 4.82. The van der Waals surface area contributed by atoms with E-state index >= 15 is 0 Å². The van der Waals surface area contributed by atoms with Gasteiger partial charge in [0.1, 0.15) is 0 Å². The van der Waals surface area contributed by atoms with Gasteiger partial charge in [0.05, 0.1) is 6.04 Å². The minimum absolute atomic E-state index is 0.0219. The van der Waals surface area contributed by atoms with Gasteiger partial charge in [-0.1, -0.05) is 48.5 Å². The molecule has 0 fully saturated rings. The van der Waals surface area contributed by atoms with Crippen molar-refractivity contribution in [3.05, 3.63) is 77.4 Å². The van der Waals surface area contributed by atoms with Crippen LogP contribution in [0.2, 0.25) is 0 Å².